The van der Waals surface area contributed by atoms with Crippen LogP contribution in [0.5, 0.6) is 0 Å². The van der Waals surface area contributed by atoms with Gasteiger partial charge in [-0.05, 0) is 52.9 Å². The Morgan fingerprint density at radius 1 is 0.920 bits per heavy atom. The molecule has 25 heavy (non-hydrogen) atoms. The molecule has 3 unspecified atom stereocenters. The third-order valence-corrected chi connectivity index (χ3v) is 4.80. The standard InChI is InChI=1S/C19H37F3N2O/c1-14(2)24-10-8-23(9-11-24)13-15(3)12-16(4)17(19(20,21)22)25-18(5,6)7/h14-17H,8-13H2,1-7H3. The molecule has 0 spiro atoms. The minimum Gasteiger partial charge on any atom is -0.363 e. The molecule has 0 aromatic rings. The number of alkyl halides is 3. The van der Waals surface area contributed by atoms with Crippen LogP contribution < -0.4 is 0 Å². The summed E-state index contributed by atoms with van der Waals surface area (Å²) in [6.45, 7) is 18.1. The van der Waals surface area contributed by atoms with Crippen LogP contribution >= 0.6 is 0 Å². The maximum atomic E-state index is 13.4. The fraction of sp³-hybridized carbons (Fsp3) is 1.00. The quantitative estimate of drug-likeness (QED) is 0.663. The van der Waals surface area contributed by atoms with Crippen molar-refractivity contribution in [1.29, 1.82) is 0 Å². The van der Waals surface area contributed by atoms with Gasteiger partial charge >= 0.3 is 6.18 Å². The van der Waals surface area contributed by atoms with Gasteiger partial charge in [0.15, 0.2) is 6.10 Å². The van der Waals surface area contributed by atoms with Gasteiger partial charge in [0.2, 0.25) is 0 Å². The molecule has 0 bridgehead atoms. The van der Waals surface area contributed by atoms with Crippen molar-refractivity contribution >= 4 is 0 Å². The van der Waals surface area contributed by atoms with Gasteiger partial charge in [0.25, 0.3) is 0 Å². The third kappa shape index (κ3) is 8.27. The van der Waals surface area contributed by atoms with Gasteiger partial charge in [0, 0.05) is 38.8 Å². The highest BCUT2D eigenvalue weighted by molar-refractivity contribution is 4.81. The molecule has 1 aliphatic heterocycles. The van der Waals surface area contributed by atoms with Crippen LogP contribution in [-0.2, 0) is 4.74 Å². The smallest absolute Gasteiger partial charge is 0.363 e. The molecular weight excluding hydrogens is 329 g/mol. The number of piperazine rings is 1. The van der Waals surface area contributed by atoms with E-state index in [2.05, 4.69) is 30.6 Å². The largest absolute Gasteiger partial charge is 0.414 e. The monoisotopic (exact) mass is 366 g/mol. The van der Waals surface area contributed by atoms with Gasteiger partial charge in [-0.15, -0.1) is 0 Å². The zero-order chi connectivity index (χ0) is 19.4. The Morgan fingerprint density at radius 2 is 1.44 bits per heavy atom. The van der Waals surface area contributed by atoms with E-state index in [9.17, 15) is 13.2 Å². The fourth-order valence-electron chi connectivity index (χ4n) is 3.62. The Hall–Kier alpha value is -0.330. The first-order chi connectivity index (χ1) is 11.3. The van der Waals surface area contributed by atoms with Gasteiger partial charge in [0.05, 0.1) is 5.60 Å². The van der Waals surface area contributed by atoms with E-state index < -0.39 is 23.8 Å². The minimum atomic E-state index is -4.32. The Labute approximate surface area is 151 Å². The summed E-state index contributed by atoms with van der Waals surface area (Å²) < 4.78 is 45.5. The first-order valence-electron chi connectivity index (χ1n) is 9.50. The molecule has 3 atom stereocenters. The van der Waals surface area contributed by atoms with Gasteiger partial charge in [-0.2, -0.15) is 13.2 Å². The zero-order valence-electron chi connectivity index (χ0n) is 17.0. The third-order valence-electron chi connectivity index (χ3n) is 4.80. The average Bonchev–Trinajstić information content (AvgIpc) is 2.43. The summed E-state index contributed by atoms with van der Waals surface area (Å²) in [5.41, 5.74) is -0.801. The van der Waals surface area contributed by atoms with Gasteiger partial charge in [-0.3, -0.25) is 4.90 Å². The SMILES string of the molecule is CC(CC(C)C(OC(C)(C)C)C(F)(F)F)CN1CCN(C(C)C)CC1. The van der Waals surface area contributed by atoms with Crippen LogP contribution in [0.4, 0.5) is 13.2 Å². The molecule has 0 N–H and O–H groups in total. The van der Waals surface area contributed by atoms with Crippen LogP contribution in [0.3, 0.4) is 0 Å². The van der Waals surface area contributed by atoms with Crippen molar-refractivity contribution in [3.05, 3.63) is 0 Å². The van der Waals surface area contributed by atoms with Crippen molar-refractivity contribution in [2.24, 2.45) is 11.8 Å². The van der Waals surface area contributed by atoms with E-state index in [1.807, 2.05) is 0 Å². The van der Waals surface area contributed by atoms with Crippen molar-refractivity contribution in [2.45, 2.75) is 78.8 Å². The van der Waals surface area contributed by atoms with Crippen molar-refractivity contribution in [2.75, 3.05) is 32.7 Å². The maximum Gasteiger partial charge on any atom is 0.414 e. The highest BCUT2D eigenvalue weighted by Gasteiger charge is 2.46. The van der Waals surface area contributed by atoms with Crippen LogP contribution in [0, 0.1) is 11.8 Å². The number of hydrogen-bond donors (Lipinski definition) is 0. The zero-order valence-corrected chi connectivity index (χ0v) is 17.0. The lowest BCUT2D eigenvalue weighted by Crippen LogP contribution is -2.50. The first-order valence-corrected chi connectivity index (χ1v) is 9.50. The van der Waals surface area contributed by atoms with Crippen molar-refractivity contribution in [1.82, 2.24) is 9.80 Å². The second-order valence-electron chi connectivity index (χ2n) is 8.94. The van der Waals surface area contributed by atoms with Crippen LogP contribution in [-0.4, -0.2) is 66.4 Å². The minimum absolute atomic E-state index is 0.217. The molecule has 6 heteroatoms. The molecule has 1 aliphatic rings. The first kappa shape index (κ1) is 22.7. The molecular formula is C19H37F3N2O. The second kappa shape index (κ2) is 9.05. The molecule has 150 valence electrons. The van der Waals surface area contributed by atoms with E-state index in [4.69, 9.17) is 4.74 Å². The van der Waals surface area contributed by atoms with Gasteiger partial charge in [-0.1, -0.05) is 13.8 Å². The van der Waals surface area contributed by atoms with E-state index >= 15 is 0 Å². The topological polar surface area (TPSA) is 15.7 Å². The van der Waals surface area contributed by atoms with Crippen molar-refractivity contribution in [3.8, 4) is 0 Å². The molecule has 1 fully saturated rings. The van der Waals surface area contributed by atoms with E-state index in [0.717, 1.165) is 32.7 Å². The highest BCUT2D eigenvalue weighted by Crippen LogP contribution is 2.34. The second-order valence-corrected chi connectivity index (χ2v) is 8.94. The normalized spacial score (nSPS) is 22.2. The summed E-state index contributed by atoms with van der Waals surface area (Å²) in [5.74, 6) is -0.333. The summed E-state index contributed by atoms with van der Waals surface area (Å²) in [5, 5.41) is 0. The highest BCUT2D eigenvalue weighted by atomic mass is 19.4. The Kier molecular flexibility index (Phi) is 8.22. The lowest BCUT2D eigenvalue weighted by atomic mass is 9.91. The van der Waals surface area contributed by atoms with E-state index in [0.29, 0.717) is 12.5 Å². The molecule has 1 heterocycles. The summed E-state index contributed by atoms with van der Waals surface area (Å²) in [6.07, 6.45) is -5.51. The Bertz CT molecular complexity index is 385. The summed E-state index contributed by atoms with van der Waals surface area (Å²) in [4.78, 5) is 4.82. The number of hydrogen-bond acceptors (Lipinski definition) is 3. The predicted octanol–water partition coefficient (Wildman–Crippen LogP) is 4.42. The average molecular weight is 367 g/mol. The molecule has 1 rings (SSSR count). The van der Waals surface area contributed by atoms with Gasteiger partial charge in [0.1, 0.15) is 0 Å². The molecule has 0 saturated carbocycles. The molecule has 1 saturated heterocycles. The van der Waals surface area contributed by atoms with Crippen LogP contribution in [0.2, 0.25) is 0 Å². The molecule has 0 amide bonds. The lowest BCUT2D eigenvalue weighted by Gasteiger charge is -2.39. The number of nitrogens with zero attached hydrogens (tertiary/aromatic N) is 2. The van der Waals surface area contributed by atoms with E-state index in [1.165, 1.54) is 0 Å². The van der Waals surface area contributed by atoms with Crippen molar-refractivity contribution < 1.29 is 17.9 Å². The lowest BCUT2D eigenvalue weighted by molar-refractivity contribution is -0.260. The molecule has 0 aromatic heterocycles. The van der Waals surface area contributed by atoms with Crippen LogP contribution in [0.1, 0.15) is 54.9 Å². The summed E-state index contributed by atoms with van der Waals surface area (Å²) in [7, 11) is 0. The molecule has 0 aliphatic carbocycles. The maximum absolute atomic E-state index is 13.4. The number of halogens is 3. The van der Waals surface area contributed by atoms with E-state index in [1.54, 1.807) is 27.7 Å². The van der Waals surface area contributed by atoms with E-state index in [-0.39, 0.29) is 5.92 Å². The molecule has 0 radical (unpaired) electrons. The number of rotatable bonds is 7. The Morgan fingerprint density at radius 3 is 1.84 bits per heavy atom. The fourth-order valence-corrected chi connectivity index (χ4v) is 3.62. The molecule has 0 aromatic carbocycles. The Balaban J connectivity index is 2.52. The predicted molar refractivity (Wildman–Crippen MR) is 96.8 cm³/mol. The summed E-state index contributed by atoms with van der Waals surface area (Å²) >= 11 is 0. The van der Waals surface area contributed by atoms with Gasteiger partial charge in [-0.25, -0.2) is 0 Å². The summed E-state index contributed by atoms with van der Waals surface area (Å²) in [6, 6.07) is 0.557. The van der Waals surface area contributed by atoms with Crippen LogP contribution in [0.25, 0.3) is 0 Å². The van der Waals surface area contributed by atoms with Gasteiger partial charge < -0.3 is 9.64 Å². The molecule has 3 nitrogen and oxygen atoms in total. The van der Waals surface area contributed by atoms with Crippen LogP contribution in [0.15, 0.2) is 0 Å². The van der Waals surface area contributed by atoms with Crippen molar-refractivity contribution in [3.63, 3.8) is 0 Å². The number of ether oxygens (including phenoxy) is 1.